The highest BCUT2D eigenvalue weighted by Crippen LogP contribution is 2.15. The molecule has 0 amide bonds. The third-order valence-electron chi connectivity index (χ3n) is 2.57. The highest BCUT2D eigenvalue weighted by molar-refractivity contribution is 5.44. The summed E-state index contributed by atoms with van der Waals surface area (Å²) in [7, 11) is 1.93. The zero-order valence-corrected chi connectivity index (χ0v) is 9.51. The van der Waals surface area contributed by atoms with E-state index in [9.17, 15) is 0 Å². The molecule has 0 aliphatic rings. The molecule has 0 radical (unpaired) electrons. The van der Waals surface area contributed by atoms with Gasteiger partial charge in [-0.3, -0.25) is 4.98 Å². The van der Waals surface area contributed by atoms with Crippen LogP contribution in [-0.2, 0) is 0 Å². The summed E-state index contributed by atoms with van der Waals surface area (Å²) in [6.07, 6.45) is 1.78. The van der Waals surface area contributed by atoms with Gasteiger partial charge < -0.3 is 15.7 Å². The number of aliphatic hydroxyl groups excluding tert-OH is 1. The number of nitrogens with zero attached hydrogens (tertiary/aromatic N) is 2. The Kier molecular flexibility index (Phi) is 4.05. The van der Waals surface area contributed by atoms with E-state index >= 15 is 0 Å². The quantitative estimate of drug-likeness (QED) is 0.774. The standard InChI is InChI=1S/C11H19N3O/c1-8(7-15)14(3)10-4-5-11(9(2)12)13-6-10/h4-6,8-9,15H,7,12H2,1-3H3. The Labute approximate surface area is 90.7 Å². The summed E-state index contributed by atoms with van der Waals surface area (Å²) in [6.45, 7) is 3.99. The van der Waals surface area contributed by atoms with E-state index in [4.69, 9.17) is 10.8 Å². The second-order valence-corrected chi connectivity index (χ2v) is 3.87. The van der Waals surface area contributed by atoms with Gasteiger partial charge in [0.15, 0.2) is 0 Å². The number of anilines is 1. The lowest BCUT2D eigenvalue weighted by molar-refractivity contribution is 0.270. The van der Waals surface area contributed by atoms with E-state index < -0.39 is 0 Å². The monoisotopic (exact) mass is 209 g/mol. The Balaban J connectivity index is 2.79. The molecule has 0 aromatic carbocycles. The molecule has 4 nitrogen and oxygen atoms in total. The van der Waals surface area contributed by atoms with Crippen LogP contribution in [-0.4, -0.2) is 29.8 Å². The minimum Gasteiger partial charge on any atom is -0.394 e. The zero-order chi connectivity index (χ0) is 11.4. The van der Waals surface area contributed by atoms with Gasteiger partial charge in [0.25, 0.3) is 0 Å². The third-order valence-corrected chi connectivity index (χ3v) is 2.57. The predicted octanol–water partition coefficient (Wildman–Crippen LogP) is 0.918. The van der Waals surface area contributed by atoms with Crippen LogP contribution in [0.3, 0.4) is 0 Å². The van der Waals surface area contributed by atoms with Crippen molar-refractivity contribution in [2.75, 3.05) is 18.6 Å². The minimum atomic E-state index is -0.0420. The van der Waals surface area contributed by atoms with E-state index in [1.807, 2.05) is 37.9 Å². The fourth-order valence-corrected chi connectivity index (χ4v) is 1.25. The van der Waals surface area contributed by atoms with Gasteiger partial charge >= 0.3 is 0 Å². The number of likely N-dealkylation sites (N-methyl/N-ethyl adjacent to an activating group) is 1. The molecule has 0 fully saturated rings. The molecule has 0 saturated heterocycles. The van der Waals surface area contributed by atoms with Crippen LogP contribution in [0.5, 0.6) is 0 Å². The molecule has 4 heteroatoms. The molecule has 1 aromatic heterocycles. The number of rotatable bonds is 4. The Morgan fingerprint density at radius 1 is 1.47 bits per heavy atom. The van der Waals surface area contributed by atoms with Crippen molar-refractivity contribution in [1.29, 1.82) is 0 Å². The summed E-state index contributed by atoms with van der Waals surface area (Å²) in [5.41, 5.74) is 7.58. The molecule has 15 heavy (non-hydrogen) atoms. The van der Waals surface area contributed by atoms with Gasteiger partial charge in [0.2, 0.25) is 0 Å². The van der Waals surface area contributed by atoms with Crippen molar-refractivity contribution in [2.24, 2.45) is 5.73 Å². The van der Waals surface area contributed by atoms with Gasteiger partial charge in [-0.2, -0.15) is 0 Å². The van der Waals surface area contributed by atoms with Gasteiger partial charge in [0, 0.05) is 19.1 Å². The van der Waals surface area contributed by atoms with E-state index in [2.05, 4.69) is 4.98 Å². The molecule has 0 aliphatic heterocycles. The second kappa shape index (κ2) is 5.09. The van der Waals surface area contributed by atoms with Gasteiger partial charge in [-0.15, -0.1) is 0 Å². The number of hydrogen-bond donors (Lipinski definition) is 2. The van der Waals surface area contributed by atoms with Gasteiger partial charge in [-0.1, -0.05) is 0 Å². The summed E-state index contributed by atoms with van der Waals surface area (Å²) >= 11 is 0. The molecular weight excluding hydrogens is 190 g/mol. The largest absolute Gasteiger partial charge is 0.394 e. The predicted molar refractivity (Wildman–Crippen MR) is 61.8 cm³/mol. The van der Waals surface area contributed by atoms with Crippen LogP contribution in [0.4, 0.5) is 5.69 Å². The minimum absolute atomic E-state index is 0.0420. The maximum atomic E-state index is 9.03. The molecule has 1 heterocycles. The van der Waals surface area contributed by atoms with E-state index in [1.54, 1.807) is 6.20 Å². The van der Waals surface area contributed by atoms with Gasteiger partial charge in [-0.25, -0.2) is 0 Å². The van der Waals surface area contributed by atoms with E-state index in [1.165, 1.54) is 0 Å². The van der Waals surface area contributed by atoms with E-state index in [0.717, 1.165) is 11.4 Å². The van der Waals surface area contributed by atoms with Crippen molar-refractivity contribution in [3.8, 4) is 0 Å². The second-order valence-electron chi connectivity index (χ2n) is 3.87. The third kappa shape index (κ3) is 2.91. The molecule has 0 spiro atoms. The van der Waals surface area contributed by atoms with Crippen molar-refractivity contribution in [1.82, 2.24) is 4.98 Å². The average molecular weight is 209 g/mol. The lowest BCUT2D eigenvalue weighted by atomic mass is 10.2. The smallest absolute Gasteiger partial charge is 0.0632 e. The van der Waals surface area contributed by atoms with Crippen LogP contribution in [0.1, 0.15) is 25.6 Å². The Morgan fingerprint density at radius 3 is 2.53 bits per heavy atom. The molecule has 1 aromatic rings. The first kappa shape index (κ1) is 11.9. The molecule has 0 bridgehead atoms. The fourth-order valence-electron chi connectivity index (χ4n) is 1.25. The van der Waals surface area contributed by atoms with Crippen LogP contribution >= 0.6 is 0 Å². The molecule has 1 rings (SSSR count). The first-order chi connectivity index (χ1) is 7.06. The van der Waals surface area contributed by atoms with Crippen LogP contribution in [0.25, 0.3) is 0 Å². The van der Waals surface area contributed by atoms with Crippen molar-refractivity contribution in [3.05, 3.63) is 24.0 Å². The first-order valence-electron chi connectivity index (χ1n) is 5.11. The van der Waals surface area contributed by atoms with Gasteiger partial charge in [0.05, 0.1) is 24.2 Å². The molecule has 2 unspecified atom stereocenters. The molecule has 3 N–H and O–H groups in total. The lowest BCUT2D eigenvalue weighted by Gasteiger charge is -2.25. The first-order valence-corrected chi connectivity index (χ1v) is 5.11. The van der Waals surface area contributed by atoms with Crippen molar-refractivity contribution < 1.29 is 5.11 Å². The average Bonchev–Trinajstić information content (AvgIpc) is 2.27. The maximum Gasteiger partial charge on any atom is 0.0632 e. The Hall–Kier alpha value is -1.13. The zero-order valence-electron chi connectivity index (χ0n) is 9.51. The number of aliphatic hydroxyl groups is 1. The van der Waals surface area contributed by atoms with Crippen molar-refractivity contribution >= 4 is 5.69 Å². The van der Waals surface area contributed by atoms with Crippen LogP contribution in [0, 0.1) is 0 Å². The van der Waals surface area contributed by atoms with Crippen molar-refractivity contribution in [2.45, 2.75) is 25.9 Å². The van der Waals surface area contributed by atoms with Crippen LogP contribution in [0.15, 0.2) is 18.3 Å². The van der Waals surface area contributed by atoms with E-state index in [-0.39, 0.29) is 18.7 Å². The Bertz CT molecular complexity index is 297. The molecular formula is C11H19N3O. The van der Waals surface area contributed by atoms with E-state index in [0.29, 0.717) is 0 Å². The topological polar surface area (TPSA) is 62.4 Å². The number of aromatic nitrogens is 1. The maximum absolute atomic E-state index is 9.03. The van der Waals surface area contributed by atoms with Crippen molar-refractivity contribution in [3.63, 3.8) is 0 Å². The number of pyridine rings is 1. The van der Waals surface area contributed by atoms with Gasteiger partial charge in [0.1, 0.15) is 0 Å². The summed E-state index contributed by atoms with van der Waals surface area (Å²) < 4.78 is 0. The lowest BCUT2D eigenvalue weighted by Crippen LogP contribution is -2.31. The van der Waals surface area contributed by atoms with Gasteiger partial charge in [-0.05, 0) is 26.0 Å². The van der Waals surface area contributed by atoms with Crippen LogP contribution in [0.2, 0.25) is 0 Å². The summed E-state index contributed by atoms with van der Waals surface area (Å²) in [6, 6.07) is 3.94. The Morgan fingerprint density at radius 2 is 2.13 bits per heavy atom. The molecule has 84 valence electrons. The summed E-state index contributed by atoms with van der Waals surface area (Å²) in [5.74, 6) is 0. The SMILES string of the molecule is CC(N)c1ccc(N(C)C(C)CO)cn1. The number of nitrogens with two attached hydrogens (primary N) is 1. The highest BCUT2D eigenvalue weighted by Gasteiger charge is 2.09. The molecule has 0 aliphatic carbocycles. The van der Waals surface area contributed by atoms with Crippen LogP contribution < -0.4 is 10.6 Å². The highest BCUT2D eigenvalue weighted by atomic mass is 16.3. The fraction of sp³-hybridized carbons (Fsp3) is 0.545. The number of hydrogen-bond acceptors (Lipinski definition) is 4. The molecule has 2 atom stereocenters. The summed E-state index contributed by atoms with van der Waals surface area (Å²) in [5, 5.41) is 9.03. The summed E-state index contributed by atoms with van der Waals surface area (Å²) in [4.78, 5) is 6.25. The normalized spacial score (nSPS) is 14.7. The molecule has 0 saturated carbocycles.